The first-order chi connectivity index (χ1) is 24.8. The van der Waals surface area contributed by atoms with Gasteiger partial charge in [-0.2, -0.15) is 0 Å². The molecule has 4 unspecified atom stereocenters. The number of aromatic nitrogens is 2. The van der Waals surface area contributed by atoms with Crippen LogP contribution in [-0.4, -0.2) is 63.7 Å². The summed E-state index contributed by atoms with van der Waals surface area (Å²) in [6, 6.07) is 24.0. The van der Waals surface area contributed by atoms with Crippen LogP contribution in [0.15, 0.2) is 77.6 Å². The van der Waals surface area contributed by atoms with Gasteiger partial charge >= 0.3 is 5.69 Å². The number of aliphatic hydroxyl groups is 1. The highest BCUT2D eigenvalue weighted by Crippen LogP contribution is 2.42. The average Bonchev–Trinajstić information content (AvgIpc) is 3.49. The largest absolute Gasteiger partial charge is 0.392 e. The number of fused-ring (bicyclic) bond motifs is 1. The predicted molar refractivity (Wildman–Crippen MR) is 196 cm³/mol. The molecule has 11 heteroatoms. The maximum Gasteiger partial charge on any atom is 0.326 e. The number of aliphatic hydroxyl groups excluding tert-OH is 1. The van der Waals surface area contributed by atoms with Crippen molar-refractivity contribution >= 4 is 22.8 Å². The molecule has 2 saturated heterocycles. The Morgan fingerprint density at radius 2 is 1.59 bits per heavy atom. The molecule has 2 aliphatic rings. The zero-order valence-corrected chi connectivity index (χ0v) is 29.7. The Morgan fingerprint density at radius 1 is 0.882 bits per heavy atom. The molecule has 3 heterocycles. The number of benzene rings is 3. The molecule has 11 nitrogen and oxygen atoms in total. The topological polar surface area (TPSA) is 138 Å². The van der Waals surface area contributed by atoms with Crippen LogP contribution in [0, 0.1) is 5.92 Å². The third-order valence-electron chi connectivity index (χ3n) is 10.3. The molecule has 4 aromatic rings. The van der Waals surface area contributed by atoms with Crippen molar-refractivity contribution in [3.8, 4) is 0 Å². The van der Waals surface area contributed by atoms with Crippen LogP contribution in [0.4, 0.5) is 0 Å². The first kappa shape index (κ1) is 36.5. The maximum absolute atomic E-state index is 12.8. The van der Waals surface area contributed by atoms with E-state index in [-0.39, 0.29) is 48.3 Å². The Labute approximate surface area is 299 Å². The van der Waals surface area contributed by atoms with E-state index in [0.29, 0.717) is 19.5 Å². The van der Waals surface area contributed by atoms with Crippen molar-refractivity contribution in [2.24, 2.45) is 5.92 Å². The zero-order chi connectivity index (χ0) is 35.7. The lowest BCUT2D eigenvalue weighted by Gasteiger charge is -2.44. The fourth-order valence-corrected chi connectivity index (χ4v) is 7.31. The first-order valence-corrected chi connectivity index (χ1v) is 18.3. The number of H-pyrrole nitrogens is 1. The Hall–Kier alpha value is -4.29. The molecule has 0 saturated carbocycles. The second kappa shape index (κ2) is 17.3. The number of nitrogens with one attached hydrogen (secondary N) is 3. The second-order valence-corrected chi connectivity index (χ2v) is 14.0. The summed E-state index contributed by atoms with van der Waals surface area (Å²) in [5, 5.41) is 15.4. The molecule has 272 valence electrons. The van der Waals surface area contributed by atoms with E-state index in [1.54, 1.807) is 0 Å². The highest BCUT2D eigenvalue weighted by molar-refractivity contribution is 5.76. The monoisotopic (exact) mass is 697 g/mol. The van der Waals surface area contributed by atoms with E-state index in [1.807, 2.05) is 77.4 Å². The smallest absolute Gasteiger partial charge is 0.326 e. The number of para-hydroxylation sites is 2. The summed E-state index contributed by atoms with van der Waals surface area (Å²) in [6.07, 6.45) is 3.88. The van der Waals surface area contributed by atoms with Crippen LogP contribution in [0.2, 0.25) is 0 Å². The number of unbranched alkanes of at least 4 members (excludes halogenated alkanes) is 2. The van der Waals surface area contributed by atoms with E-state index in [4.69, 9.17) is 9.47 Å². The Bertz CT molecular complexity index is 1790. The fraction of sp³-hybridized carbons (Fsp3) is 0.475. The van der Waals surface area contributed by atoms with E-state index in [1.165, 1.54) is 6.92 Å². The van der Waals surface area contributed by atoms with Crippen LogP contribution in [0.25, 0.3) is 11.0 Å². The molecule has 4 atom stereocenters. The number of carbonyl (C=O) groups is 2. The van der Waals surface area contributed by atoms with Gasteiger partial charge in [0.15, 0.2) is 6.29 Å². The minimum atomic E-state index is -0.572. The molecule has 2 fully saturated rings. The number of likely N-dealkylation sites (tertiary alicyclic amines) is 1. The summed E-state index contributed by atoms with van der Waals surface area (Å²) in [5.41, 5.74) is 5.59. The molecule has 2 amide bonds. The van der Waals surface area contributed by atoms with Crippen molar-refractivity contribution in [3.63, 3.8) is 0 Å². The molecule has 0 radical (unpaired) electrons. The molecule has 0 bridgehead atoms. The number of hydrogen-bond donors (Lipinski definition) is 4. The van der Waals surface area contributed by atoms with Crippen LogP contribution in [0.5, 0.6) is 0 Å². The molecule has 51 heavy (non-hydrogen) atoms. The number of nitrogens with zero attached hydrogens (tertiary/aromatic N) is 2. The summed E-state index contributed by atoms with van der Waals surface area (Å²) in [7, 11) is 0. The molecular weight excluding hydrogens is 646 g/mol. The van der Waals surface area contributed by atoms with Crippen molar-refractivity contribution in [3.05, 3.63) is 106 Å². The Morgan fingerprint density at radius 3 is 2.31 bits per heavy atom. The Kier molecular flexibility index (Phi) is 12.4. The van der Waals surface area contributed by atoms with Gasteiger partial charge in [0.1, 0.15) is 0 Å². The molecular formula is C40H51N5O6. The van der Waals surface area contributed by atoms with Crippen molar-refractivity contribution in [1.29, 1.82) is 0 Å². The number of aromatic amines is 1. The predicted octanol–water partition coefficient (Wildman–Crippen LogP) is 5.26. The van der Waals surface area contributed by atoms with E-state index in [0.717, 1.165) is 85.0 Å². The molecule has 0 spiro atoms. The van der Waals surface area contributed by atoms with Gasteiger partial charge in [-0.25, -0.2) is 4.79 Å². The summed E-state index contributed by atoms with van der Waals surface area (Å²) >= 11 is 0. The van der Waals surface area contributed by atoms with Crippen molar-refractivity contribution in [1.82, 2.24) is 25.1 Å². The van der Waals surface area contributed by atoms with Crippen molar-refractivity contribution < 1.29 is 24.2 Å². The first-order valence-electron chi connectivity index (χ1n) is 18.3. The number of rotatable bonds is 14. The molecule has 0 aliphatic carbocycles. The maximum atomic E-state index is 12.8. The summed E-state index contributed by atoms with van der Waals surface area (Å²) in [5.74, 6) is 0.0505. The van der Waals surface area contributed by atoms with Gasteiger partial charge in [0.2, 0.25) is 11.8 Å². The minimum Gasteiger partial charge on any atom is -0.392 e. The third-order valence-corrected chi connectivity index (χ3v) is 10.3. The van der Waals surface area contributed by atoms with Gasteiger partial charge < -0.3 is 35.1 Å². The minimum absolute atomic E-state index is 0.0108. The molecule has 6 rings (SSSR count). The summed E-state index contributed by atoms with van der Waals surface area (Å²) in [4.78, 5) is 41.7. The van der Waals surface area contributed by atoms with Crippen molar-refractivity contribution in [2.45, 2.75) is 90.1 Å². The van der Waals surface area contributed by atoms with Crippen LogP contribution >= 0.6 is 0 Å². The summed E-state index contributed by atoms with van der Waals surface area (Å²) in [6.45, 7) is 7.23. The third kappa shape index (κ3) is 9.34. The number of amides is 2. The van der Waals surface area contributed by atoms with Gasteiger partial charge in [-0.15, -0.1) is 0 Å². The lowest BCUT2D eigenvalue weighted by molar-refractivity contribution is -0.276. The van der Waals surface area contributed by atoms with Crippen LogP contribution in [0.3, 0.4) is 0 Å². The van der Waals surface area contributed by atoms with E-state index in [9.17, 15) is 19.5 Å². The van der Waals surface area contributed by atoms with Gasteiger partial charge in [0, 0.05) is 63.6 Å². The SMILES string of the molecule is CC(=O)NCCCCCC(=O)NCc1ccc(C2OC(CN3CCC(n4c(=O)[nH]c5ccccc54)CC3)C(C)C(c3ccc(CO)cc3)O2)cc1. The Balaban J connectivity index is 1.08. The van der Waals surface area contributed by atoms with E-state index < -0.39 is 6.29 Å². The van der Waals surface area contributed by atoms with E-state index >= 15 is 0 Å². The lowest BCUT2D eigenvalue weighted by atomic mass is 9.89. The number of carbonyl (C=O) groups excluding carboxylic acids is 2. The quantitative estimate of drug-likeness (QED) is 0.132. The average molecular weight is 698 g/mol. The standard InChI is InChI=1S/C40H51N5O6/c1-27-36(25-44-22-19-33(20-23-44)45-35-9-6-5-8-34(35)43-40(45)49)50-39(51-38(27)31-15-13-30(26-46)14-16-31)32-17-11-29(12-18-32)24-42-37(48)10-4-3-7-21-41-28(2)47/h5-6,8-9,11-18,27,33,36,38-39,46H,3-4,7,10,19-26H2,1-2H3,(H,41,47)(H,42,48)(H,43,49). The van der Waals surface area contributed by atoms with Gasteiger partial charge in [-0.05, 0) is 54.5 Å². The van der Waals surface area contributed by atoms with Gasteiger partial charge in [-0.1, -0.05) is 74.0 Å². The number of ether oxygens (including phenoxy) is 2. The highest BCUT2D eigenvalue weighted by atomic mass is 16.7. The van der Waals surface area contributed by atoms with Gasteiger partial charge in [0.25, 0.3) is 0 Å². The van der Waals surface area contributed by atoms with Gasteiger partial charge in [0.05, 0.1) is 29.8 Å². The zero-order valence-electron chi connectivity index (χ0n) is 29.7. The second-order valence-electron chi connectivity index (χ2n) is 14.0. The number of imidazole rings is 1. The van der Waals surface area contributed by atoms with Crippen LogP contribution < -0.4 is 16.3 Å². The van der Waals surface area contributed by atoms with E-state index in [2.05, 4.69) is 27.4 Å². The highest BCUT2D eigenvalue weighted by Gasteiger charge is 2.39. The normalized spacial score (nSPS) is 21.5. The van der Waals surface area contributed by atoms with Crippen LogP contribution in [-0.2, 0) is 32.2 Å². The van der Waals surface area contributed by atoms with Crippen LogP contribution in [0.1, 0.15) is 93.1 Å². The van der Waals surface area contributed by atoms with Gasteiger partial charge in [-0.3, -0.25) is 14.2 Å². The molecule has 3 aromatic carbocycles. The number of hydrogen-bond acceptors (Lipinski definition) is 7. The molecule has 4 N–H and O–H groups in total. The lowest BCUT2D eigenvalue weighted by Crippen LogP contribution is -2.47. The molecule has 2 aliphatic heterocycles. The fourth-order valence-electron chi connectivity index (χ4n) is 7.31. The number of piperidine rings is 1. The van der Waals surface area contributed by atoms with Crippen molar-refractivity contribution in [2.75, 3.05) is 26.2 Å². The summed E-state index contributed by atoms with van der Waals surface area (Å²) < 4.78 is 15.3. The molecule has 1 aromatic heterocycles.